The lowest BCUT2D eigenvalue weighted by atomic mass is 10.1. The van der Waals surface area contributed by atoms with Gasteiger partial charge >= 0.3 is 0 Å². The van der Waals surface area contributed by atoms with E-state index in [0.29, 0.717) is 33.5 Å². The summed E-state index contributed by atoms with van der Waals surface area (Å²) in [6, 6.07) is 10.0. The Labute approximate surface area is 196 Å². The summed E-state index contributed by atoms with van der Waals surface area (Å²) in [7, 11) is 2.99. The van der Waals surface area contributed by atoms with Gasteiger partial charge in [-0.15, -0.1) is 0 Å². The average molecular weight is 475 g/mol. The number of carbonyl (C=O) groups is 2. The van der Waals surface area contributed by atoms with E-state index in [-0.39, 0.29) is 16.8 Å². The molecule has 2 amide bonds. The molecule has 1 saturated heterocycles. The van der Waals surface area contributed by atoms with Crippen molar-refractivity contribution in [1.82, 2.24) is 5.32 Å². The fourth-order valence-corrected chi connectivity index (χ4v) is 3.52. The van der Waals surface area contributed by atoms with Gasteiger partial charge in [-0.25, -0.2) is 4.90 Å². The summed E-state index contributed by atoms with van der Waals surface area (Å²) < 4.78 is 16.4. The Kier molecular flexibility index (Phi) is 7.37. The van der Waals surface area contributed by atoms with E-state index in [1.807, 2.05) is 13.8 Å². The van der Waals surface area contributed by atoms with E-state index in [1.165, 1.54) is 25.2 Å². The van der Waals surface area contributed by atoms with Crippen molar-refractivity contribution in [1.29, 1.82) is 0 Å². The minimum absolute atomic E-state index is 0.0106. The summed E-state index contributed by atoms with van der Waals surface area (Å²) in [4.78, 5) is 27.1. The lowest BCUT2D eigenvalue weighted by molar-refractivity contribution is -0.122. The molecule has 1 aliphatic rings. The maximum Gasteiger partial charge on any atom is 0.270 e. The van der Waals surface area contributed by atoms with Crippen molar-refractivity contribution in [2.24, 2.45) is 0 Å². The van der Waals surface area contributed by atoms with Crippen LogP contribution in [0, 0.1) is 0 Å². The molecule has 2 aromatic carbocycles. The largest absolute Gasteiger partial charge is 0.497 e. The van der Waals surface area contributed by atoms with Crippen LogP contribution in [0.2, 0.25) is 5.02 Å². The van der Waals surface area contributed by atoms with E-state index >= 15 is 0 Å². The second-order valence-electron chi connectivity index (χ2n) is 7.02. The van der Waals surface area contributed by atoms with Gasteiger partial charge in [-0.3, -0.25) is 14.9 Å². The Balaban J connectivity index is 1.97. The number of carbonyl (C=O) groups excluding carboxylic acids is 2. The van der Waals surface area contributed by atoms with Crippen LogP contribution in [-0.4, -0.2) is 37.3 Å². The molecule has 9 heteroatoms. The molecule has 1 atom stereocenters. The summed E-state index contributed by atoms with van der Waals surface area (Å²) in [6.45, 7) is 3.96. The first-order valence-electron chi connectivity index (χ1n) is 9.88. The lowest BCUT2D eigenvalue weighted by Crippen LogP contribution is -2.54. The Morgan fingerprint density at radius 3 is 2.50 bits per heavy atom. The molecule has 0 spiro atoms. The molecule has 1 heterocycles. The first kappa shape index (κ1) is 23.6. The van der Waals surface area contributed by atoms with Crippen LogP contribution in [0.4, 0.5) is 5.69 Å². The molecule has 1 fully saturated rings. The van der Waals surface area contributed by atoms with Gasteiger partial charge in [0.25, 0.3) is 11.8 Å². The van der Waals surface area contributed by atoms with E-state index < -0.39 is 11.8 Å². The van der Waals surface area contributed by atoms with Crippen LogP contribution in [0.1, 0.15) is 25.8 Å². The summed E-state index contributed by atoms with van der Waals surface area (Å²) in [5.41, 5.74) is 0.854. The van der Waals surface area contributed by atoms with E-state index in [2.05, 4.69) is 5.32 Å². The second kappa shape index (κ2) is 10.0. The lowest BCUT2D eigenvalue weighted by Gasteiger charge is -2.30. The number of amides is 2. The van der Waals surface area contributed by atoms with Crippen LogP contribution in [0.3, 0.4) is 0 Å². The van der Waals surface area contributed by atoms with Crippen LogP contribution in [-0.2, 0) is 9.59 Å². The number of anilines is 1. The maximum absolute atomic E-state index is 13.3. The second-order valence-corrected chi connectivity index (χ2v) is 7.82. The van der Waals surface area contributed by atoms with Crippen molar-refractivity contribution in [3.8, 4) is 17.2 Å². The highest BCUT2D eigenvalue weighted by atomic mass is 35.5. The number of hydrogen-bond acceptors (Lipinski definition) is 6. The molecule has 1 aliphatic heterocycles. The molecule has 3 rings (SSSR count). The minimum atomic E-state index is -0.597. The maximum atomic E-state index is 13.3. The van der Waals surface area contributed by atoms with Gasteiger partial charge in [0.1, 0.15) is 22.8 Å². The van der Waals surface area contributed by atoms with Crippen molar-refractivity contribution in [2.75, 3.05) is 19.1 Å². The fraction of sp³-hybridized carbons (Fsp3) is 0.261. The van der Waals surface area contributed by atoms with Gasteiger partial charge in [-0.2, -0.15) is 0 Å². The number of thiocarbonyl (C=S) groups is 1. The van der Waals surface area contributed by atoms with Gasteiger partial charge in [0.05, 0.1) is 31.0 Å². The van der Waals surface area contributed by atoms with Crippen LogP contribution in [0.25, 0.3) is 6.08 Å². The molecule has 1 N–H and O–H groups in total. The van der Waals surface area contributed by atoms with Gasteiger partial charge in [0.2, 0.25) is 0 Å². The van der Waals surface area contributed by atoms with Gasteiger partial charge in [0, 0.05) is 6.07 Å². The first-order valence-corrected chi connectivity index (χ1v) is 10.7. The number of ether oxygens (including phenoxy) is 3. The van der Waals surface area contributed by atoms with E-state index in [1.54, 1.807) is 36.4 Å². The van der Waals surface area contributed by atoms with Crippen LogP contribution in [0.15, 0.2) is 42.0 Å². The predicted octanol–water partition coefficient (Wildman–Crippen LogP) is 4.37. The highest BCUT2D eigenvalue weighted by molar-refractivity contribution is 7.80. The average Bonchev–Trinajstić information content (AvgIpc) is 2.78. The third-order valence-electron chi connectivity index (χ3n) is 4.90. The molecule has 0 radical (unpaired) electrons. The summed E-state index contributed by atoms with van der Waals surface area (Å²) in [5, 5.41) is 2.89. The van der Waals surface area contributed by atoms with Crippen molar-refractivity contribution in [3.05, 3.63) is 52.6 Å². The molecular formula is C23H23ClN2O5S. The van der Waals surface area contributed by atoms with Crippen LogP contribution >= 0.6 is 23.8 Å². The third-order valence-corrected chi connectivity index (χ3v) is 5.48. The molecule has 32 heavy (non-hydrogen) atoms. The minimum Gasteiger partial charge on any atom is -0.497 e. The van der Waals surface area contributed by atoms with Crippen LogP contribution < -0.4 is 24.4 Å². The molecule has 0 aromatic heterocycles. The number of benzene rings is 2. The van der Waals surface area contributed by atoms with Gasteiger partial charge in [-0.05, 0) is 61.5 Å². The fourth-order valence-electron chi connectivity index (χ4n) is 3.02. The molecule has 0 saturated carbocycles. The molecule has 168 valence electrons. The number of nitrogens with zero attached hydrogens (tertiary/aromatic N) is 1. The van der Waals surface area contributed by atoms with E-state index in [0.717, 1.165) is 6.42 Å². The molecule has 2 aromatic rings. The SMILES string of the molecule is CC[C@H](C)Oc1ccc(/C=C2\C(=O)NC(=S)N(c3ccc(OC)cc3OC)C2=O)cc1Cl. The monoisotopic (exact) mass is 474 g/mol. The van der Waals surface area contributed by atoms with Crippen LogP contribution in [0.5, 0.6) is 17.2 Å². The number of nitrogens with one attached hydrogen (secondary N) is 1. The zero-order valence-corrected chi connectivity index (χ0v) is 19.7. The summed E-state index contributed by atoms with van der Waals surface area (Å²) in [5.74, 6) is 0.270. The highest BCUT2D eigenvalue weighted by Gasteiger charge is 2.36. The number of halogens is 1. The quantitative estimate of drug-likeness (QED) is 0.365. The van der Waals surface area contributed by atoms with Crippen molar-refractivity contribution < 1.29 is 23.8 Å². The molecule has 0 bridgehead atoms. The Hall–Kier alpha value is -3.10. The van der Waals surface area contributed by atoms with Gasteiger partial charge in [-0.1, -0.05) is 24.6 Å². The van der Waals surface area contributed by atoms with Crippen molar-refractivity contribution >= 4 is 52.5 Å². The topological polar surface area (TPSA) is 77.1 Å². The standard InChI is InChI=1S/C23H23ClN2O5S/c1-5-13(2)31-19-9-6-14(11-17(19)24)10-16-21(27)25-23(32)26(22(16)28)18-8-7-15(29-3)12-20(18)30-4/h6-13H,5H2,1-4H3,(H,25,27,32)/b16-10+/t13-/m0/s1. The number of rotatable bonds is 7. The summed E-state index contributed by atoms with van der Waals surface area (Å²) >= 11 is 11.6. The van der Waals surface area contributed by atoms with Gasteiger partial charge in [0.15, 0.2) is 5.11 Å². The molecular weight excluding hydrogens is 452 g/mol. The predicted molar refractivity (Wildman–Crippen MR) is 128 cm³/mol. The van der Waals surface area contributed by atoms with E-state index in [4.69, 9.17) is 38.0 Å². The van der Waals surface area contributed by atoms with E-state index in [9.17, 15) is 9.59 Å². The zero-order valence-electron chi connectivity index (χ0n) is 18.1. The Morgan fingerprint density at radius 1 is 1.12 bits per heavy atom. The molecule has 0 aliphatic carbocycles. The third kappa shape index (κ3) is 4.87. The Bertz CT molecular complexity index is 1100. The summed E-state index contributed by atoms with van der Waals surface area (Å²) in [6.07, 6.45) is 2.30. The highest BCUT2D eigenvalue weighted by Crippen LogP contribution is 2.35. The normalized spacial score (nSPS) is 16.1. The Morgan fingerprint density at radius 2 is 1.88 bits per heavy atom. The zero-order chi connectivity index (χ0) is 23.4. The van der Waals surface area contributed by atoms with Crippen molar-refractivity contribution in [2.45, 2.75) is 26.4 Å². The van der Waals surface area contributed by atoms with Crippen molar-refractivity contribution in [3.63, 3.8) is 0 Å². The first-order chi connectivity index (χ1) is 15.3. The molecule has 7 nitrogen and oxygen atoms in total. The smallest absolute Gasteiger partial charge is 0.270 e. The number of methoxy groups -OCH3 is 2. The molecule has 0 unspecified atom stereocenters. The van der Waals surface area contributed by atoms with Gasteiger partial charge < -0.3 is 14.2 Å². The number of hydrogen-bond donors (Lipinski definition) is 1.